The second kappa shape index (κ2) is 11.7. The van der Waals surface area contributed by atoms with Gasteiger partial charge in [0.15, 0.2) is 0 Å². The molecule has 0 radical (unpaired) electrons. The molecule has 9 heteroatoms. The normalized spacial score (nSPS) is 20.1. The van der Waals surface area contributed by atoms with Gasteiger partial charge in [0.1, 0.15) is 0 Å². The van der Waals surface area contributed by atoms with Crippen LogP contribution in [0.25, 0.3) is 6.08 Å². The van der Waals surface area contributed by atoms with E-state index in [4.69, 9.17) is 23.2 Å². The van der Waals surface area contributed by atoms with Crippen LogP contribution in [0.1, 0.15) is 31.7 Å². The monoisotopic (exact) mass is 480 g/mol. The van der Waals surface area contributed by atoms with E-state index in [0.29, 0.717) is 42.6 Å². The molecule has 1 unspecified atom stereocenters. The van der Waals surface area contributed by atoms with Gasteiger partial charge in [-0.05, 0) is 43.2 Å². The molecular weight excluding hydrogens is 451 g/mol. The van der Waals surface area contributed by atoms with E-state index < -0.39 is 0 Å². The summed E-state index contributed by atoms with van der Waals surface area (Å²) >= 11 is 11.9. The molecule has 0 saturated carbocycles. The Bertz CT molecular complexity index is 877. The third kappa shape index (κ3) is 7.22. The van der Waals surface area contributed by atoms with Crippen molar-refractivity contribution < 1.29 is 14.4 Å². The zero-order valence-electron chi connectivity index (χ0n) is 18.4. The van der Waals surface area contributed by atoms with Crippen LogP contribution in [0.4, 0.5) is 0 Å². The highest BCUT2D eigenvalue weighted by molar-refractivity contribution is 6.42. The quantitative estimate of drug-likeness (QED) is 0.608. The first-order chi connectivity index (χ1) is 15.3. The summed E-state index contributed by atoms with van der Waals surface area (Å²) in [6.07, 6.45) is 5.40. The molecule has 0 aromatic heterocycles. The van der Waals surface area contributed by atoms with Gasteiger partial charge < -0.3 is 20.0 Å². The summed E-state index contributed by atoms with van der Waals surface area (Å²) in [7, 11) is 0. The minimum Gasteiger partial charge on any atom is -0.352 e. The van der Waals surface area contributed by atoms with Gasteiger partial charge in [-0.2, -0.15) is 0 Å². The number of benzene rings is 1. The van der Waals surface area contributed by atoms with Gasteiger partial charge in [-0.1, -0.05) is 29.3 Å². The fraction of sp³-hybridized carbons (Fsp3) is 0.522. The molecule has 32 heavy (non-hydrogen) atoms. The summed E-state index contributed by atoms with van der Waals surface area (Å²) in [5.74, 6) is -0.0176. The minimum absolute atomic E-state index is 0.0120. The molecule has 174 valence electrons. The first-order valence-corrected chi connectivity index (χ1v) is 11.8. The van der Waals surface area contributed by atoms with Crippen molar-refractivity contribution in [1.29, 1.82) is 0 Å². The zero-order valence-corrected chi connectivity index (χ0v) is 19.9. The second-order valence-corrected chi connectivity index (χ2v) is 9.12. The lowest BCUT2D eigenvalue weighted by Crippen LogP contribution is -2.38. The van der Waals surface area contributed by atoms with Gasteiger partial charge >= 0.3 is 0 Å². The summed E-state index contributed by atoms with van der Waals surface area (Å²) in [5, 5.41) is 3.88. The van der Waals surface area contributed by atoms with Crippen LogP contribution in [0, 0.1) is 0 Å². The van der Waals surface area contributed by atoms with E-state index in [1.165, 1.54) is 6.08 Å². The van der Waals surface area contributed by atoms with E-state index in [0.717, 1.165) is 38.0 Å². The maximum Gasteiger partial charge on any atom is 0.246 e. The van der Waals surface area contributed by atoms with Gasteiger partial charge in [-0.3, -0.25) is 14.4 Å². The summed E-state index contributed by atoms with van der Waals surface area (Å²) in [5.41, 5.74) is 0.794. The fourth-order valence-electron chi connectivity index (χ4n) is 4.14. The van der Waals surface area contributed by atoms with Crippen molar-refractivity contribution in [2.45, 2.75) is 32.2 Å². The van der Waals surface area contributed by atoms with Crippen LogP contribution in [-0.4, -0.2) is 84.3 Å². The van der Waals surface area contributed by atoms with E-state index in [1.54, 1.807) is 36.1 Å². The van der Waals surface area contributed by atoms with Crippen molar-refractivity contribution in [2.24, 2.45) is 0 Å². The van der Waals surface area contributed by atoms with Crippen LogP contribution < -0.4 is 5.32 Å². The van der Waals surface area contributed by atoms with E-state index in [9.17, 15) is 14.4 Å². The first kappa shape index (κ1) is 24.6. The molecule has 7 nitrogen and oxygen atoms in total. The van der Waals surface area contributed by atoms with Gasteiger partial charge in [0.25, 0.3) is 0 Å². The largest absolute Gasteiger partial charge is 0.352 e. The predicted molar refractivity (Wildman–Crippen MR) is 127 cm³/mol. The molecule has 1 atom stereocenters. The number of halogens is 2. The van der Waals surface area contributed by atoms with Crippen molar-refractivity contribution in [1.82, 2.24) is 20.0 Å². The Hall–Kier alpha value is -2.09. The molecular formula is C23H30Cl2N4O3. The topological polar surface area (TPSA) is 73.0 Å². The van der Waals surface area contributed by atoms with Crippen molar-refractivity contribution in [3.8, 4) is 0 Å². The average molecular weight is 481 g/mol. The Morgan fingerprint density at radius 1 is 1.12 bits per heavy atom. The number of carbonyl (C=O) groups is 3. The van der Waals surface area contributed by atoms with Crippen LogP contribution in [0.3, 0.4) is 0 Å². The maximum atomic E-state index is 12.6. The van der Waals surface area contributed by atoms with Gasteiger partial charge in [-0.15, -0.1) is 0 Å². The Balaban J connectivity index is 1.43. The minimum atomic E-state index is -0.119. The molecule has 3 amide bonds. The van der Waals surface area contributed by atoms with Crippen molar-refractivity contribution >= 4 is 47.0 Å². The highest BCUT2D eigenvalue weighted by Crippen LogP contribution is 2.23. The summed E-state index contributed by atoms with van der Waals surface area (Å²) < 4.78 is 0. The number of carbonyl (C=O) groups excluding carboxylic acids is 3. The third-order valence-corrected chi connectivity index (χ3v) is 6.58. The SMILES string of the molecule is CC(=O)NC1CCN(CCCN2CCN(C(=O)C=Cc3ccc(Cl)c(Cl)c3)CCC2=O)C1. The number of amides is 3. The van der Waals surface area contributed by atoms with Crippen LogP contribution >= 0.6 is 23.2 Å². The molecule has 0 spiro atoms. The lowest BCUT2D eigenvalue weighted by molar-refractivity contribution is -0.130. The molecule has 3 rings (SSSR count). The van der Waals surface area contributed by atoms with Crippen molar-refractivity contribution in [3.63, 3.8) is 0 Å². The van der Waals surface area contributed by atoms with Gasteiger partial charge in [0.2, 0.25) is 17.7 Å². The molecule has 2 heterocycles. The Morgan fingerprint density at radius 2 is 1.94 bits per heavy atom. The molecule has 2 aliphatic heterocycles. The lowest BCUT2D eigenvalue weighted by atomic mass is 10.2. The first-order valence-electron chi connectivity index (χ1n) is 11.0. The van der Waals surface area contributed by atoms with Crippen molar-refractivity contribution in [3.05, 3.63) is 39.9 Å². The Labute approximate surface area is 199 Å². The lowest BCUT2D eigenvalue weighted by Gasteiger charge is -2.23. The molecule has 1 N–H and O–H groups in total. The van der Waals surface area contributed by atoms with Gasteiger partial charge in [-0.25, -0.2) is 0 Å². The number of likely N-dealkylation sites (tertiary alicyclic amines) is 1. The summed E-state index contributed by atoms with van der Waals surface area (Å²) in [4.78, 5) is 42.2. The summed E-state index contributed by atoms with van der Waals surface area (Å²) in [6.45, 7) is 6.43. The number of rotatable bonds is 7. The van der Waals surface area contributed by atoms with E-state index in [2.05, 4.69) is 10.2 Å². The number of nitrogens with zero attached hydrogens (tertiary/aromatic N) is 3. The maximum absolute atomic E-state index is 12.6. The Morgan fingerprint density at radius 3 is 2.69 bits per heavy atom. The van der Waals surface area contributed by atoms with Gasteiger partial charge in [0, 0.05) is 64.7 Å². The van der Waals surface area contributed by atoms with Crippen LogP contribution in [0.5, 0.6) is 0 Å². The molecule has 0 bridgehead atoms. The highest BCUT2D eigenvalue weighted by atomic mass is 35.5. The smallest absolute Gasteiger partial charge is 0.246 e. The second-order valence-electron chi connectivity index (χ2n) is 8.30. The molecule has 1 aromatic carbocycles. The van der Waals surface area contributed by atoms with Crippen LogP contribution in [-0.2, 0) is 14.4 Å². The molecule has 0 aliphatic carbocycles. The van der Waals surface area contributed by atoms with E-state index >= 15 is 0 Å². The van der Waals surface area contributed by atoms with E-state index in [1.807, 2.05) is 4.90 Å². The standard InChI is InChI=1S/C23H30Cl2N4O3/c1-17(30)26-19-7-11-27(16-19)9-2-10-28-13-14-29(12-8-23(28)32)22(31)6-4-18-3-5-20(24)21(25)15-18/h3-6,15,19H,2,7-14,16H2,1H3,(H,26,30). The number of hydrogen-bond donors (Lipinski definition) is 1. The fourth-order valence-corrected chi connectivity index (χ4v) is 4.45. The number of nitrogens with one attached hydrogen (secondary N) is 1. The predicted octanol–water partition coefficient (Wildman–Crippen LogP) is 2.67. The molecule has 2 fully saturated rings. The van der Waals surface area contributed by atoms with Gasteiger partial charge in [0.05, 0.1) is 10.0 Å². The highest BCUT2D eigenvalue weighted by Gasteiger charge is 2.25. The Kier molecular flexibility index (Phi) is 8.96. The van der Waals surface area contributed by atoms with Crippen LogP contribution in [0.2, 0.25) is 10.0 Å². The zero-order chi connectivity index (χ0) is 23.1. The van der Waals surface area contributed by atoms with Crippen LogP contribution in [0.15, 0.2) is 24.3 Å². The molecule has 1 aromatic rings. The average Bonchev–Trinajstić information content (AvgIpc) is 3.10. The van der Waals surface area contributed by atoms with Crippen molar-refractivity contribution in [2.75, 3.05) is 45.8 Å². The summed E-state index contributed by atoms with van der Waals surface area (Å²) in [6, 6.07) is 5.42. The number of hydrogen-bond acceptors (Lipinski definition) is 4. The molecule has 2 saturated heterocycles. The molecule has 2 aliphatic rings. The third-order valence-electron chi connectivity index (χ3n) is 5.84. The van der Waals surface area contributed by atoms with E-state index in [-0.39, 0.29) is 23.8 Å².